The van der Waals surface area contributed by atoms with Crippen LogP contribution in [0.25, 0.3) is 0 Å². The molecule has 2 aromatic heterocycles. The molecule has 0 aliphatic heterocycles. The highest BCUT2D eigenvalue weighted by Crippen LogP contribution is 2.12. The normalized spacial score (nSPS) is 10.8. The van der Waals surface area contributed by atoms with Crippen molar-refractivity contribution in [2.24, 2.45) is 5.92 Å². The first-order valence-electron chi connectivity index (χ1n) is 5.90. The monoisotopic (exact) mass is 263 g/mol. The lowest BCUT2D eigenvalue weighted by atomic mass is 10.1. The fraction of sp³-hybridized carbons (Fsp3) is 0.417. The molecule has 18 heavy (non-hydrogen) atoms. The van der Waals surface area contributed by atoms with Crippen LogP contribution < -0.4 is 11.1 Å². The Labute approximate surface area is 111 Å². The van der Waals surface area contributed by atoms with Crippen LogP contribution in [0.2, 0.25) is 0 Å². The van der Waals surface area contributed by atoms with Crippen molar-refractivity contribution in [1.29, 1.82) is 0 Å². The van der Waals surface area contributed by atoms with Crippen molar-refractivity contribution in [2.75, 3.05) is 11.1 Å². The van der Waals surface area contributed by atoms with Gasteiger partial charge in [-0.15, -0.1) is 11.3 Å². The van der Waals surface area contributed by atoms with E-state index in [9.17, 15) is 0 Å². The zero-order valence-corrected chi connectivity index (χ0v) is 11.4. The summed E-state index contributed by atoms with van der Waals surface area (Å²) in [4.78, 5) is 13.8. The Hall–Kier alpha value is -1.69. The van der Waals surface area contributed by atoms with Crippen LogP contribution in [0.15, 0.2) is 17.5 Å². The number of nitrogens with two attached hydrogens (primary N) is 1. The summed E-state index contributed by atoms with van der Waals surface area (Å²) in [6.45, 7) is 4.96. The molecule has 0 spiro atoms. The third-order valence-corrected chi connectivity index (χ3v) is 3.17. The fourth-order valence-electron chi connectivity index (χ4n) is 1.55. The number of anilines is 2. The number of rotatable bonds is 5. The number of nitrogen functional groups attached to an aromatic ring is 1. The van der Waals surface area contributed by atoms with Gasteiger partial charge in [0.05, 0.1) is 6.54 Å². The van der Waals surface area contributed by atoms with Crippen molar-refractivity contribution in [2.45, 2.75) is 26.8 Å². The predicted molar refractivity (Wildman–Crippen MR) is 74.4 cm³/mol. The Morgan fingerprint density at radius 2 is 2.17 bits per heavy atom. The van der Waals surface area contributed by atoms with Gasteiger partial charge in [-0.2, -0.15) is 15.0 Å². The van der Waals surface area contributed by atoms with Gasteiger partial charge in [0, 0.05) is 11.3 Å². The van der Waals surface area contributed by atoms with Crippen LogP contribution in [0.3, 0.4) is 0 Å². The van der Waals surface area contributed by atoms with E-state index in [0.29, 0.717) is 18.4 Å². The van der Waals surface area contributed by atoms with Gasteiger partial charge in [-0.3, -0.25) is 0 Å². The van der Waals surface area contributed by atoms with E-state index >= 15 is 0 Å². The molecule has 0 radical (unpaired) electrons. The number of hydrogen-bond donors (Lipinski definition) is 2. The van der Waals surface area contributed by atoms with Crippen LogP contribution >= 0.6 is 11.3 Å². The quantitative estimate of drug-likeness (QED) is 0.865. The van der Waals surface area contributed by atoms with Crippen molar-refractivity contribution < 1.29 is 0 Å². The van der Waals surface area contributed by atoms with E-state index < -0.39 is 0 Å². The Morgan fingerprint density at radius 1 is 1.33 bits per heavy atom. The number of nitrogens with zero attached hydrogens (tertiary/aromatic N) is 3. The molecule has 0 atom stereocenters. The van der Waals surface area contributed by atoms with Gasteiger partial charge in [-0.25, -0.2) is 0 Å². The average Bonchev–Trinajstić information content (AvgIpc) is 2.77. The van der Waals surface area contributed by atoms with Gasteiger partial charge in [0.1, 0.15) is 5.82 Å². The number of hydrogen-bond acceptors (Lipinski definition) is 6. The number of aromatic nitrogens is 3. The summed E-state index contributed by atoms with van der Waals surface area (Å²) in [5.74, 6) is 2.06. The molecule has 2 heterocycles. The first-order chi connectivity index (χ1) is 8.63. The molecule has 0 bridgehead atoms. The molecule has 5 nitrogen and oxygen atoms in total. The van der Waals surface area contributed by atoms with Gasteiger partial charge in [-0.05, 0) is 17.4 Å². The second kappa shape index (κ2) is 5.77. The zero-order valence-electron chi connectivity index (χ0n) is 10.6. The van der Waals surface area contributed by atoms with Gasteiger partial charge < -0.3 is 11.1 Å². The highest BCUT2D eigenvalue weighted by Gasteiger charge is 2.06. The van der Waals surface area contributed by atoms with Gasteiger partial charge in [0.2, 0.25) is 11.9 Å². The van der Waals surface area contributed by atoms with Crippen molar-refractivity contribution in [3.8, 4) is 0 Å². The molecule has 0 aromatic carbocycles. The maximum atomic E-state index is 5.68. The smallest absolute Gasteiger partial charge is 0.228 e. The molecular weight excluding hydrogens is 246 g/mol. The van der Waals surface area contributed by atoms with Crippen molar-refractivity contribution >= 4 is 23.2 Å². The first kappa shape index (κ1) is 12.8. The molecule has 0 saturated carbocycles. The Balaban J connectivity index is 2.05. The lowest BCUT2D eigenvalue weighted by molar-refractivity contribution is 0.619. The molecule has 0 fully saturated rings. The summed E-state index contributed by atoms with van der Waals surface area (Å²) >= 11 is 1.70. The van der Waals surface area contributed by atoms with E-state index in [4.69, 9.17) is 5.73 Å². The molecule has 0 aliphatic rings. The van der Waals surface area contributed by atoms with E-state index in [1.807, 2.05) is 11.4 Å². The van der Waals surface area contributed by atoms with Crippen LogP contribution in [0.1, 0.15) is 24.5 Å². The van der Waals surface area contributed by atoms with Crippen LogP contribution in [-0.2, 0) is 13.0 Å². The van der Waals surface area contributed by atoms with Crippen molar-refractivity contribution in [1.82, 2.24) is 15.0 Å². The van der Waals surface area contributed by atoms with E-state index in [-0.39, 0.29) is 5.95 Å². The maximum absolute atomic E-state index is 5.68. The lowest BCUT2D eigenvalue weighted by Gasteiger charge is -2.07. The van der Waals surface area contributed by atoms with Gasteiger partial charge in [0.15, 0.2) is 0 Å². The van der Waals surface area contributed by atoms with Crippen molar-refractivity contribution in [3.63, 3.8) is 0 Å². The summed E-state index contributed by atoms with van der Waals surface area (Å²) in [5, 5.41) is 5.21. The zero-order chi connectivity index (χ0) is 13.0. The molecule has 2 aromatic rings. The summed E-state index contributed by atoms with van der Waals surface area (Å²) in [6.07, 6.45) is 0.806. The summed E-state index contributed by atoms with van der Waals surface area (Å²) in [6, 6.07) is 4.09. The van der Waals surface area contributed by atoms with Crippen LogP contribution in [-0.4, -0.2) is 15.0 Å². The van der Waals surface area contributed by atoms with Crippen molar-refractivity contribution in [3.05, 3.63) is 28.2 Å². The SMILES string of the molecule is CC(C)Cc1nc(N)nc(NCc2cccs2)n1. The molecule has 96 valence electrons. The molecular formula is C12H17N5S. The lowest BCUT2D eigenvalue weighted by Crippen LogP contribution is -2.10. The summed E-state index contributed by atoms with van der Waals surface area (Å²) in [7, 11) is 0. The predicted octanol–water partition coefficient (Wildman–Crippen LogP) is 2.33. The molecule has 0 aliphatic carbocycles. The van der Waals surface area contributed by atoms with E-state index in [0.717, 1.165) is 12.2 Å². The Kier molecular flexibility index (Phi) is 4.09. The number of nitrogens with one attached hydrogen (secondary N) is 1. The van der Waals surface area contributed by atoms with Crippen LogP contribution in [0.5, 0.6) is 0 Å². The molecule has 0 unspecified atom stereocenters. The topological polar surface area (TPSA) is 76.7 Å². The highest BCUT2D eigenvalue weighted by atomic mass is 32.1. The minimum Gasteiger partial charge on any atom is -0.368 e. The second-order valence-corrected chi connectivity index (χ2v) is 5.50. The molecule has 3 N–H and O–H groups in total. The third-order valence-electron chi connectivity index (χ3n) is 2.29. The van der Waals surface area contributed by atoms with E-state index in [2.05, 4.69) is 40.2 Å². The fourth-order valence-corrected chi connectivity index (χ4v) is 2.20. The standard InChI is InChI=1S/C12H17N5S/c1-8(2)6-10-15-11(13)17-12(16-10)14-7-9-4-3-5-18-9/h3-5,8H,6-7H2,1-2H3,(H3,13,14,15,16,17). The molecule has 0 saturated heterocycles. The highest BCUT2D eigenvalue weighted by molar-refractivity contribution is 7.09. The summed E-state index contributed by atoms with van der Waals surface area (Å²) < 4.78 is 0. The second-order valence-electron chi connectivity index (χ2n) is 4.46. The van der Waals surface area contributed by atoms with E-state index in [1.165, 1.54) is 4.88 Å². The van der Waals surface area contributed by atoms with Crippen LogP contribution in [0, 0.1) is 5.92 Å². The summed E-state index contributed by atoms with van der Waals surface area (Å²) in [5.41, 5.74) is 5.68. The van der Waals surface area contributed by atoms with Gasteiger partial charge in [0.25, 0.3) is 0 Å². The maximum Gasteiger partial charge on any atom is 0.228 e. The average molecular weight is 263 g/mol. The molecule has 2 rings (SSSR count). The minimum atomic E-state index is 0.273. The van der Waals surface area contributed by atoms with Gasteiger partial charge in [-0.1, -0.05) is 19.9 Å². The minimum absolute atomic E-state index is 0.273. The first-order valence-corrected chi connectivity index (χ1v) is 6.78. The number of thiophene rings is 1. The third kappa shape index (κ3) is 3.66. The Morgan fingerprint density at radius 3 is 2.83 bits per heavy atom. The van der Waals surface area contributed by atoms with E-state index in [1.54, 1.807) is 11.3 Å². The molecule has 6 heteroatoms. The Bertz CT molecular complexity index is 495. The molecule has 0 amide bonds. The van der Waals surface area contributed by atoms with Gasteiger partial charge >= 0.3 is 0 Å². The van der Waals surface area contributed by atoms with Crippen LogP contribution in [0.4, 0.5) is 11.9 Å². The largest absolute Gasteiger partial charge is 0.368 e.